The average molecular weight is 276 g/mol. The average Bonchev–Trinajstić information content (AvgIpc) is 2.70. The monoisotopic (exact) mass is 276 g/mol. The fourth-order valence-electron chi connectivity index (χ4n) is 1.72. The van der Waals surface area contributed by atoms with Crippen LogP contribution in [0.1, 0.15) is 12.0 Å². The Balaban J connectivity index is 1.96. The summed E-state index contributed by atoms with van der Waals surface area (Å²) in [7, 11) is 0. The Labute approximate surface area is 106 Å². The van der Waals surface area contributed by atoms with Gasteiger partial charge >= 0.3 is 12.1 Å². The summed E-state index contributed by atoms with van der Waals surface area (Å²) in [5.74, 6) is -0.498. The van der Waals surface area contributed by atoms with Crippen molar-refractivity contribution in [1.29, 1.82) is 0 Å². The molecule has 1 aliphatic rings. The van der Waals surface area contributed by atoms with Crippen LogP contribution in [-0.2, 0) is 11.2 Å². The number of hydrogen-bond acceptors (Lipinski definition) is 3. The van der Waals surface area contributed by atoms with Gasteiger partial charge in [-0.2, -0.15) is 13.2 Å². The molecule has 1 N–H and O–H groups in total. The lowest BCUT2D eigenvalue weighted by molar-refractivity contribution is -0.144. The van der Waals surface area contributed by atoms with Gasteiger partial charge in [-0.15, -0.1) is 0 Å². The minimum absolute atomic E-state index is 0.231. The van der Waals surface area contributed by atoms with E-state index in [1.807, 2.05) is 0 Å². The molecule has 0 amide bonds. The molecule has 0 bridgehead atoms. The third-order valence-electron chi connectivity index (χ3n) is 2.64. The molecule has 0 saturated heterocycles. The van der Waals surface area contributed by atoms with Crippen molar-refractivity contribution in [1.82, 2.24) is 0 Å². The highest BCUT2D eigenvalue weighted by Gasteiger charge is 2.29. The molecule has 4 nitrogen and oxygen atoms in total. The van der Waals surface area contributed by atoms with Crippen LogP contribution in [0.3, 0.4) is 0 Å². The smallest absolute Gasteiger partial charge is 0.392 e. The number of carbonyl (C=O) groups is 1. The predicted octanol–water partition coefficient (Wildman–Crippen LogP) is 2.41. The zero-order valence-electron chi connectivity index (χ0n) is 9.74. The normalized spacial score (nSPS) is 17.7. The van der Waals surface area contributed by atoms with Crippen LogP contribution in [0.5, 0.6) is 11.5 Å². The first-order chi connectivity index (χ1) is 8.85. The number of fused-ring (bicyclic) bond motifs is 1. The minimum atomic E-state index is -4.26. The molecule has 1 unspecified atom stereocenters. The van der Waals surface area contributed by atoms with Crippen LogP contribution in [-0.4, -0.2) is 30.0 Å². The van der Waals surface area contributed by atoms with E-state index in [-0.39, 0.29) is 12.2 Å². The molecule has 1 heterocycles. The maximum atomic E-state index is 11.9. The third kappa shape index (κ3) is 3.52. The van der Waals surface area contributed by atoms with Crippen molar-refractivity contribution in [3.63, 3.8) is 0 Å². The quantitative estimate of drug-likeness (QED) is 0.917. The molecule has 2 rings (SSSR count). The van der Waals surface area contributed by atoms with Gasteiger partial charge in [0.2, 0.25) is 0 Å². The molecule has 0 saturated carbocycles. The summed E-state index contributed by atoms with van der Waals surface area (Å²) in [6.07, 6.45) is -6.00. The van der Waals surface area contributed by atoms with Gasteiger partial charge in [-0.1, -0.05) is 6.07 Å². The van der Waals surface area contributed by atoms with Crippen LogP contribution in [0.2, 0.25) is 0 Å². The molecule has 104 valence electrons. The van der Waals surface area contributed by atoms with E-state index in [4.69, 9.17) is 14.6 Å². The van der Waals surface area contributed by atoms with Gasteiger partial charge in [0, 0.05) is 12.5 Å². The summed E-state index contributed by atoms with van der Waals surface area (Å²) in [6.45, 7) is -0.482. The number of alkyl halides is 3. The molecule has 0 aliphatic carbocycles. The van der Waals surface area contributed by atoms with Gasteiger partial charge in [-0.3, -0.25) is 0 Å². The fraction of sp³-hybridized carbons (Fsp3) is 0.417. The first kappa shape index (κ1) is 13.5. The number of halogens is 3. The number of rotatable bonds is 4. The molecule has 0 radical (unpaired) electrons. The number of carboxylic acids is 1. The van der Waals surface area contributed by atoms with Crippen LogP contribution < -0.4 is 9.47 Å². The molecule has 1 aliphatic heterocycles. The Morgan fingerprint density at radius 3 is 2.84 bits per heavy atom. The Kier molecular flexibility index (Phi) is 3.55. The molecule has 0 fully saturated rings. The third-order valence-corrected chi connectivity index (χ3v) is 2.64. The SMILES string of the molecule is O=C(O)C1Cc2ccc(OCCC(F)(F)F)cc2O1. The van der Waals surface area contributed by atoms with Crippen molar-refractivity contribution in [3.8, 4) is 11.5 Å². The van der Waals surface area contributed by atoms with Crippen LogP contribution in [0, 0.1) is 0 Å². The van der Waals surface area contributed by atoms with Gasteiger partial charge in [0.25, 0.3) is 0 Å². The highest BCUT2D eigenvalue weighted by atomic mass is 19.4. The van der Waals surface area contributed by atoms with Gasteiger partial charge in [-0.05, 0) is 11.6 Å². The number of ether oxygens (including phenoxy) is 2. The summed E-state index contributed by atoms with van der Waals surface area (Å²) in [5, 5.41) is 8.80. The Hall–Kier alpha value is -1.92. The second-order valence-corrected chi connectivity index (χ2v) is 4.13. The van der Waals surface area contributed by atoms with Gasteiger partial charge in [0.05, 0.1) is 13.0 Å². The van der Waals surface area contributed by atoms with Gasteiger partial charge in [0.15, 0.2) is 6.10 Å². The van der Waals surface area contributed by atoms with Crippen LogP contribution in [0.15, 0.2) is 18.2 Å². The highest BCUT2D eigenvalue weighted by Crippen LogP contribution is 2.32. The minimum Gasteiger partial charge on any atom is -0.493 e. The molecule has 0 spiro atoms. The van der Waals surface area contributed by atoms with E-state index in [1.165, 1.54) is 12.1 Å². The Morgan fingerprint density at radius 1 is 1.47 bits per heavy atom. The van der Waals surface area contributed by atoms with Crippen molar-refractivity contribution in [2.45, 2.75) is 25.1 Å². The van der Waals surface area contributed by atoms with Crippen molar-refractivity contribution in [2.75, 3.05) is 6.61 Å². The topological polar surface area (TPSA) is 55.8 Å². The van der Waals surface area contributed by atoms with Crippen LogP contribution in [0.25, 0.3) is 0 Å². The molecule has 1 atom stereocenters. The Morgan fingerprint density at radius 2 is 2.21 bits per heavy atom. The van der Waals surface area contributed by atoms with E-state index in [0.717, 1.165) is 0 Å². The lowest BCUT2D eigenvalue weighted by Crippen LogP contribution is -2.24. The fourth-order valence-corrected chi connectivity index (χ4v) is 1.72. The summed E-state index contributed by atoms with van der Waals surface area (Å²) < 4.78 is 46.0. The number of benzene rings is 1. The molecular weight excluding hydrogens is 265 g/mol. The van der Waals surface area contributed by atoms with Gasteiger partial charge < -0.3 is 14.6 Å². The second kappa shape index (κ2) is 4.99. The van der Waals surface area contributed by atoms with Gasteiger partial charge in [-0.25, -0.2) is 4.79 Å². The number of hydrogen-bond donors (Lipinski definition) is 1. The predicted molar refractivity (Wildman–Crippen MR) is 58.4 cm³/mol. The number of carboxylic acid groups (broad SMARTS) is 1. The van der Waals surface area contributed by atoms with E-state index in [0.29, 0.717) is 11.3 Å². The first-order valence-corrected chi connectivity index (χ1v) is 5.57. The molecule has 1 aromatic carbocycles. The zero-order chi connectivity index (χ0) is 14.0. The van der Waals surface area contributed by atoms with Crippen molar-refractivity contribution < 1.29 is 32.5 Å². The summed E-state index contributed by atoms with van der Waals surface area (Å²) >= 11 is 0. The maximum absolute atomic E-state index is 11.9. The van der Waals surface area contributed by atoms with Crippen molar-refractivity contribution in [3.05, 3.63) is 23.8 Å². The van der Waals surface area contributed by atoms with Crippen molar-refractivity contribution >= 4 is 5.97 Å². The molecule has 0 aromatic heterocycles. The highest BCUT2D eigenvalue weighted by molar-refractivity contribution is 5.74. The summed E-state index contributed by atoms with van der Waals surface area (Å²) in [6, 6.07) is 4.51. The lowest BCUT2D eigenvalue weighted by atomic mass is 10.1. The Bertz CT molecular complexity index is 484. The first-order valence-electron chi connectivity index (χ1n) is 5.57. The zero-order valence-corrected chi connectivity index (χ0v) is 9.74. The standard InChI is InChI=1S/C12H11F3O4/c13-12(14,15)3-4-18-8-2-1-7-5-10(11(16)17)19-9(7)6-8/h1-2,6,10H,3-5H2,(H,16,17). The molecule has 1 aromatic rings. The van der Waals surface area contributed by atoms with Crippen LogP contribution in [0.4, 0.5) is 13.2 Å². The lowest BCUT2D eigenvalue weighted by Gasteiger charge is -2.09. The maximum Gasteiger partial charge on any atom is 0.392 e. The summed E-state index contributed by atoms with van der Waals surface area (Å²) in [5.41, 5.74) is 0.704. The molecule has 19 heavy (non-hydrogen) atoms. The van der Waals surface area contributed by atoms with Gasteiger partial charge in [0.1, 0.15) is 11.5 Å². The largest absolute Gasteiger partial charge is 0.493 e. The van der Waals surface area contributed by atoms with E-state index >= 15 is 0 Å². The molecular formula is C12H11F3O4. The molecule has 7 heteroatoms. The van der Waals surface area contributed by atoms with E-state index < -0.39 is 31.3 Å². The summed E-state index contributed by atoms with van der Waals surface area (Å²) in [4.78, 5) is 10.8. The van der Waals surface area contributed by atoms with Crippen molar-refractivity contribution in [2.24, 2.45) is 0 Å². The van der Waals surface area contributed by atoms with E-state index in [9.17, 15) is 18.0 Å². The van der Waals surface area contributed by atoms with Crippen LogP contribution >= 0.6 is 0 Å². The van der Waals surface area contributed by atoms with E-state index in [2.05, 4.69) is 0 Å². The van der Waals surface area contributed by atoms with E-state index in [1.54, 1.807) is 6.07 Å². The number of aliphatic carboxylic acids is 1. The second-order valence-electron chi connectivity index (χ2n) is 4.13.